The van der Waals surface area contributed by atoms with E-state index in [1.165, 1.54) is 44.5 Å². The molecule has 0 radical (unpaired) electrons. The van der Waals surface area contributed by atoms with Crippen molar-refractivity contribution in [3.8, 4) is 11.1 Å². The van der Waals surface area contributed by atoms with Crippen LogP contribution >= 0.6 is 0 Å². The number of hydrogen-bond acceptors (Lipinski definition) is 0. The molecule has 0 aliphatic heterocycles. The zero-order valence-electron chi connectivity index (χ0n) is 25.1. The minimum absolute atomic E-state index is 0.139. The van der Waals surface area contributed by atoms with E-state index >= 15 is 0 Å². The predicted octanol–water partition coefficient (Wildman–Crippen LogP) is 10.2. The molecule has 0 heterocycles. The van der Waals surface area contributed by atoms with E-state index in [1.807, 2.05) is 0 Å². The summed E-state index contributed by atoms with van der Waals surface area (Å²) in [6, 6.07) is 21.9. The zero-order chi connectivity index (χ0) is 27.6. The van der Waals surface area contributed by atoms with Gasteiger partial charge >= 0.3 is 240 Å². The van der Waals surface area contributed by atoms with Crippen molar-refractivity contribution in [3.05, 3.63) is 109 Å². The topological polar surface area (TPSA) is 0 Å². The molecule has 2 aliphatic rings. The van der Waals surface area contributed by atoms with Gasteiger partial charge in [-0.05, 0) is 0 Å². The first-order valence-corrected chi connectivity index (χ1v) is 19.9. The molecule has 5 rings (SSSR count). The van der Waals surface area contributed by atoms with Crippen molar-refractivity contribution in [1.29, 1.82) is 0 Å². The van der Waals surface area contributed by atoms with Crippen LogP contribution in [0, 0.1) is 13.8 Å². The van der Waals surface area contributed by atoms with E-state index in [2.05, 4.69) is 136 Å². The number of aryl methyl sites for hydroxylation is 2. The first kappa shape index (κ1) is 27.4. The summed E-state index contributed by atoms with van der Waals surface area (Å²) in [6.45, 7) is 23.5. The monoisotopic (exact) mass is 668 g/mol. The van der Waals surface area contributed by atoms with Gasteiger partial charge in [-0.3, -0.25) is 0 Å². The Morgan fingerprint density at radius 3 is 1.66 bits per heavy atom. The Balaban J connectivity index is 1.79. The van der Waals surface area contributed by atoms with Crippen LogP contribution in [-0.2, 0) is 31.8 Å². The summed E-state index contributed by atoms with van der Waals surface area (Å²) in [5.41, 5.74) is 15.0. The molecule has 0 amide bonds. The molecule has 0 bridgehead atoms. The van der Waals surface area contributed by atoms with Gasteiger partial charge in [-0.2, -0.15) is 0 Å². The van der Waals surface area contributed by atoms with Crippen LogP contribution in [0.3, 0.4) is 0 Å². The van der Waals surface area contributed by atoms with Crippen LogP contribution in [-0.4, -0.2) is 3.26 Å². The van der Waals surface area contributed by atoms with Gasteiger partial charge in [-0.25, -0.2) is 0 Å². The van der Waals surface area contributed by atoms with Crippen LogP contribution in [0.25, 0.3) is 16.7 Å². The molecule has 3 aromatic carbocycles. The molecule has 38 heavy (non-hydrogen) atoms. The van der Waals surface area contributed by atoms with Crippen LogP contribution in [0.1, 0.15) is 104 Å². The van der Waals surface area contributed by atoms with E-state index in [4.69, 9.17) is 0 Å². The molecule has 0 unspecified atom stereocenters. The van der Waals surface area contributed by atoms with Crippen LogP contribution in [0.2, 0.25) is 0 Å². The van der Waals surface area contributed by atoms with E-state index in [-0.39, 0.29) is 10.8 Å². The molecule has 196 valence electrons. The number of hydrogen-bond donors (Lipinski definition) is 0. The number of benzene rings is 3. The van der Waals surface area contributed by atoms with Crippen LogP contribution < -0.4 is 0 Å². The fraction of sp³-hybridized carbons (Fsp3) is 0.378. The van der Waals surface area contributed by atoms with E-state index in [1.54, 1.807) is 17.7 Å². The molecule has 1 heteroatoms. The van der Waals surface area contributed by atoms with Gasteiger partial charge < -0.3 is 0 Å². The van der Waals surface area contributed by atoms with E-state index in [0.717, 1.165) is 6.42 Å². The average molecular weight is 667 g/mol. The Kier molecular flexibility index (Phi) is 7.09. The fourth-order valence-electron chi connectivity index (χ4n) is 6.43. The molecule has 0 atom stereocenters. The molecule has 0 spiro atoms. The standard InChI is InChI=1S/C21H25.C13H13.C3H6.Hf/c1-20(2,3)16-7-9-18-14(12-16)11-15-13-17(21(4,5)6)8-10-19(15)18;1-10-7-11(2)9-13(8-10)12-5-3-4-6-12;1-3-2;/h7-13H,1-6H3;3,5,7-9H,4H2,1-2H3;1-2H3;. The molecule has 0 saturated carbocycles. The number of rotatable bonds is 3. The summed E-state index contributed by atoms with van der Waals surface area (Å²) < 4.78 is 4.03. The second-order valence-corrected chi connectivity index (χ2v) is 24.6. The quantitative estimate of drug-likeness (QED) is 0.244. The van der Waals surface area contributed by atoms with E-state index < -0.39 is 21.0 Å². The van der Waals surface area contributed by atoms with Crippen molar-refractivity contribution in [2.45, 2.75) is 90.2 Å². The maximum atomic E-state index is 2.59. The van der Waals surface area contributed by atoms with Gasteiger partial charge in [0.15, 0.2) is 0 Å². The minimum atomic E-state index is -2.58. The molecular formula is C37H44Hf. The van der Waals surface area contributed by atoms with Gasteiger partial charge in [0.1, 0.15) is 0 Å². The van der Waals surface area contributed by atoms with Crippen LogP contribution in [0.4, 0.5) is 0 Å². The first-order chi connectivity index (χ1) is 17.8. The second-order valence-electron chi connectivity index (χ2n) is 13.8. The van der Waals surface area contributed by atoms with Gasteiger partial charge in [-0.15, -0.1) is 0 Å². The second kappa shape index (κ2) is 9.81. The first-order valence-electron chi connectivity index (χ1n) is 14.2. The zero-order valence-corrected chi connectivity index (χ0v) is 28.7. The molecule has 0 fully saturated rings. The Morgan fingerprint density at radius 1 is 0.711 bits per heavy atom. The molecule has 0 aromatic heterocycles. The fourth-order valence-corrected chi connectivity index (χ4v) is 19.0. The summed E-state index contributed by atoms with van der Waals surface area (Å²) in [5, 5.41) is 0. The van der Waals surface area contributed by atoms with Crippen molar-refractivity contribution in [1.82, 2.24) is 0 Å². The van der Waals surface area contributed by atoms with Gasteiger partial charge in [-0.1, -0.05) is 0 Å². The third-order valence-corrected chi connectivity index (χ3v) is 20.6. The SMILES string of the molecule is C[C](C)=[Hf]([C]1=C(c2cc(C)cc(C)c2)C=CC1)[CH]1c2cc(C(C)(C)C)ccc2-c2ccc(C(C)(C)C)cc21. The summed E-state index contributed by atoms with van der Waals surface area (Å²) in [7, 11) is 0. The van der Waals surface area contributed by atoms with Gasteiger partial charge in [0.2, 0.25) is 0 Å². The maximum absolute atomic E-state index is 2.59. The average Bonchev–Trinajstić information content (AvgIpc) is 3.40. The van der Waals surface area contributed by atoms with Crippen molar-refractivity contribution in [3.63, 3.8) is 0 Å². The summed E-state index contributed by atoms with van der Waals surface area (Å²) >= 11 is -2.58. The van der Waals surface area contributed by atoms with Gasteiger partial charge in [0.25, 0.3) is 0 Å². The Labute approximate surface area is 238 Å². The molecule has 3 aromatic rings. The number of allylic oxidation sites excluding steroid dienone is 4. The van der Waals surface area contributed by atoms with Crippen molar-refractivity contribution in [2.24, 2.45) is 0 Å². The summed E-state index contributed by atoms with van der Waals surface area (Å²) in [4.78, 5) is 0. The molecule has 0 saturated heterocycles. The Bertz CT molecular complexity index is 1440. The molecule has 0 N–H and O–H groups in total. The Morgan fingerprint density at radius 2 is 1.21 bits per heavy atom. The Hall–Kier alpha value is -2.12. The summed E-state index contributed by atoms with van der Waals surface area (Å²) in [6.07, 6.45) is 5.99. The number of fused-ring (bicyclic) bond motifs is 3. The normalized spacial score (nSPS) is 15.2. The van der Waals surface area contributed by atoms with E-state index in [9.17, 15) is 0 Å². The van der Waals surface area contributed by atoms with Gasteiger partial charge in [0, 0.05) is 0 Å². The third kappa shape index (κ3) is 4.97. The summed E-state index contributed by atoms with van der Waals surface area (Å²) in [5.74, 6) is 0. The van der Waals surface area contributed by atoms with Crippen LogP contribution in [0.5, 0.6) is 0 Å². The molecule has 0 nitrogen and oxygen atoms in total. The molecular weight excluding hydrogens is 623 g/mol. The predicted molar refractivity (Wildman–Crippen MR) is 164 cm³/mol. The van der Waals surface area contributed by atoms with Crippen molar-refractivity contribution in [2.75, 3.05) is 0 Å². The molecule has 2 aliphatic carbocycles. The van der Waals surface area contributed by atoms with E-state index in [0.29, 0.717) is 3.67 Å². The third-order valence-electron chi connectivity index (χ3n) is 8.36. The van der Waals surface area contributed by atoms with Crippen molar-refractivity contribution < 1.29 is 21.0 Å². The van der Waals surface area contributed by atoms with Crippen molar-refractivity contribution >= 4 is 8.83 Å². The van der Waals surface area contributed by atoms with Crippen LogP contribution in [0.15, 0.2) is 70.1 Å². The van der Waals surface area contributed by atoms with Gasteiger partial charge in [0.05, 0.1) is 0 Å².